The molecule has 1 aromatic heterocycles. The van der Waals surface area contributed by atoms with Crippen LogP contribution < -0.4 is 0 Å². The van der Waals surface area contributed by atoms with Gasteiger partial charge in [0.25, 0.3) is 0 Å². The zero-order valence-corrected chi connectivity index (χ0v) is 9.14. The van der Waals surface area contributed by atoms with Gasteiger partial charge in [0.1, 0.15) is 0 Å². The van der Waals surface area contributed by atoms with Crippen LogP contribution in [0.25, 0.3) is 16.6 Å². The molecule has 0 aliphatic carbocycles. The Morgan fingerprint density at radius 2 is 2.06 bits per heavy atom. The molecule has 1 radical (unpaired) electrons. The van der Waals surface area contributed by atoms with Crippen molar-refractivity contribution in [3.05, 3.63) is 66.4 Å². The van der Waals surface area contributed by atoms with Gasteiger partial charge in [0.2, 0.25) is 0 Å². The molecule has 0 fully saturated rings. The molecule has 0 bridgehead atoms. The van der Waals surface area contributed by atoms with Crippen LogP contribution in [0.1, 0.15) is 5.56 Å². The predicted molar refractivity (Wildman–Crippen MR) is 66.8 cm³/mol. The summed E-state index contributed by atoms with van der Waals surface area (Å²) in [5.74, 6) is 0. The maximum atomic E-state index is 3.10. The summed E-state index contributed by atoms with van der Waals surface area (Å²) in [5.41, 5.74) is 3.72. The Bertz CT molecular complexity index is 634. The maximum absolute atomic E-state index is 3.10. The minimum absolute atomic E-state index is 1.21. The average molecular weight is 206 g/mol. The van der Waals surface area contributed by atoms with Gasteiger partial charge in [-0.05, 0) is 48.9 Å². The van der Waals surface area contributed by atoms with Crippen LogP contribution in [0.3, 0.4) is 0 Å². The highest BCUT2D eigenvalue weighted by Crippen LogP contribution is 2.20. The van der Waals surface area contributed by atoms with Crippen molar-refractivity contribution in [3.8, 4) is 5.69 Å². The zero-order chi connectivity index (χ0) is 11.0. The minimum atomic E-state index is 1.21. The summed E-state index contributed by atoms with van der Waals surface area (Å²) in [7, 11) is 0. The van der Waals surface area contributed by atoms with E-state index in [9.17, 15) is 0 Å². The van der Waals surface area contributed by atoms with Crippen LogP contribution in [0.2, 0.25) is 0 Å². The number of fused-ring (bicyclic) bond motifs is 1. The van der Waals surface area contributed by atoms with Crippen LogP contribution >= 0.6 is 0 Å². The molecule has 0 aliphatic rings. The average Bonchev–Trinajstić information content (AvgIpc) is 2.72. The number of aromatic nitrogens is 1. The first kappa shape index (κ1) is 9.22. The van der Waals surface area contributed by atoms with Gasteiger partial charge in [0.15, 0.2) is 0 Å². The van der Waals surface area contributed by atoms with Crippen LogP contribution in [0.5, 0.6) is 0 Å². The second-order valence-electron chi connectivity index (χ2n) is 4.01. The highest BCUT2D eigenvalue weighted by atomic mass is 15.0. The van der Waals surface area contributed by atoms with E-state index in [-0.39, 0.29) is 0 Å². The molecule has 0 N–H and O–H groups in total. The summed E-state index contributed by atoms with van der Waals surface area (Å²) < 4.78 is 2.20. The summed E-state index contributed by atoms with van der Waals surface area (Å²) in [4.78, 5) is 0. The van der Waals surface area contributed by atoms with Crippen molar-refractivity contribution < 1.29 is 0 Å². The molecule has 1 heterocycles. The molecule has 77 valence electrons. The van der Waals surface area contributed by atoms with E-state index in [0.29, 0.717) is 0 Å². The molecular formula is C15H12N. The molecule has 0 saturated heterocycles. The minimum Gasteiger partial charge on any atom is -0.317 e. The molecular weight excluding hydrogens is 194 g/mol. The molecule has 0 atom stereocenters. The third-order valence-corrected chi connectivity index (χ3v) is 2.81. The maximum Gasteiger partial charge on any atom is 0.0528 e. The summed E-state index contributed by atoms with van der Waals surface area (Å²) in [6, 6.07) is 19.8. The second-order valence-corrected chi connectivity index (χ2v) is 4.01. The topological polar surface area (TPSA) is 4.93 Å². The van der Waals surface area contributed by atoms with E-state index in [0.717, 1.165) is 0 Å². The van der Waals surface area contributed by atoms with Gasteiger partial charge in [-0.3, -0.25) is 0 Å². The van der Waals surface area contributed by atoms with Gasteiger partial charge in [-0.15, -0.1) is 0 Å². The normalized spacial score (nSPS) is 10.8. The third-order valence-electron chi connectivity index (χ3n) is 2.81. The van der Waals surface area contributed by atoms with Crippen molar-refractivity contribution in [3.63, 3.8) is 0 Å². The largest absolute Gasteiger partial charge is 0.317 e. The number of nitrogens with zero attached hydrogens (tertiary/aromatic N) is 1. The monoisotopic (exact) mass is 206 g/mol. The highest BCUT2D eigenvalue weighted by Gasteiger charge is 2.01. The van der Waals surface area contributed by atoms with Crippen molar-refractivity contribution >= 4 is 10.9 Å². The van der Waals surface area contributed by atoms with Crippen LogP contribution in [0.4, 0.5) is 0 Å². The summed E-state index contributed by atoms with van der Waals surface area (Å²) >= 11 is 0. The first-order valence-electron chi connectivity index (χ1n) is 5.39. The smallest absolute Gasteiger partial charge is 0.0528 e. The van der Waals surface area contributed by atoms with Crippen molar-refractivity contribution in [1.29, 1.82) is 0 Å². The highest BCUT2D eigenvalue weighted by molar-refractivity contribution is 5.81. The van der Waals surface area contributed by atoms with E-state index in [1.165, 1.54) is 22.2 Å². The SMILES string of the molecule is Cc1cccc(-n2ccc3c[c]ccc32)c1. The third kappa shape index (κ3) is 1.41. The fourth-order valence-corrected chi connectivity index (χ4v) is 2.03. The van der Waals surface area contributed by atoms with Crippen LogP contribution in [-0.4, -0.2) is 4.57 Å². The molecule has 0 saturated carbocycles. The molecule has 1 heteroatoms. The van der Waals surface area contributed by atoms with E-state index < -0.39 is 0 Å². The Kier molecular flexibility index (Phi) is 2.03. The number of hydrogen-bond acceptors (Lipinski definition) is 0. The van der Waals surface area contributed by atoms with Gasteiger partial charge in [0.05, 0.1) is 5.52 Å². The van der Waals surface area contributed by atoms with Gasteiger partial charge in [0, 0.05) is 17.3 Å². The molecule has 0 aliphatic heterocycles. The first-order chi connectivity index (χ1) is 7.84. The standard InChI is InChI=1S/C15H12N/c1-12-5-4-7-14(11-12)16-10-9-13-6-2-3-8-15(13)16/h3-11H,1H3. The number of benzene rings is 2. The molecule has 2 aromatic carbocycles. The second kappa shape index (κ2) is 3.53. The first-order valence-corrected chi connectivity index (χ1v) is 5.39. The molecule has 0 amide bonds. The Morgan fingerprint density at radius 1 is 1.12 bits per heavy atom. The van der Waals surface area contributed by atoms with E-state index in [2.05, 4.69) is 60.2 Å². The molecule has 0 spiro atoms. The van der Waals surface area contributed by atoms with Crippen LogP contribution in [0.15, 0.2) is 54.7 Å². The Morgan fingerprint density at radius 3 is 2.94 bits per heavy atom. The molecule has 3 aromatic rings. The molecule has 1 nitrogen and oxygen atoms in total. The lowest BCUT2D eigenvalue weighted by atomic mass is 10.2. The van der Waals surface area contributed by atoms with Crippen molar-refractivity contribution in [2.75, 3.05) is 0 Å². The van der Waals surface area contributed by atoms with E-state index in [4.69, 9.17) is 0 Å². The molecule has 16 heavy (non-hydrogen) atoms. The van der Waals surface area contributed by atoms with Crippen LogP contribution in [-0.2, 0) is 0 Å². The van der Waals surface area contributed by atoms with Crippen molar-refractivity contribution in [2.45, 2.75) is 6.92 Å². The van der Waals surface area contributed by atoms with E-state index in [1.807, 2.05) is 12.1 Å². The van der Waals surface area contributed by atoms with Gasteiger partial charge >= 0.3 is 0 Å². The Labute approximate surface area is 95.0 Å². The number of rotatable bonds is 1. The Balaban J connectivity index is 2.26. The van der Waals surface area contributed by atoms with Crippen molar-refractivity contribution in [1.82, 2.24) is 4.57 Å². The summed E-state index contributed by atoms with van der Waals surface area (Å²) in [6.07, 6.45) is 2.10. The van der Waals surface area contributed by atoms with Crippen LogP contribution in [0, 0.1) is 13.0 Å². The van der Waals surface area contributed by atoms with Gasteiger partial charge in [-0.1, -0.05) is 18.2 Å². The molecule has 3 rings (SSSR count). The summed E-state index contributed by atoms with van der Waals surface area (Å²) in [5, 5.41) is 1.23. The van der Waals surface area contributed by atoms with Crippen molar-refractivity contribution in [2.24, 2.45) is 0 Å². The van der Waals surface area contributed by atoms with E-state index >= 15 is 0 Å². The van der Waals surface area contributed by atoms with Gasteiger partial charge in [-0.2, -0.15) is 0 Å². The lowest BCUT2D eigenvalue weighted by molar-refractivity contribution is 1.12. The fourth-order valence-electron chi connectivity index (χ4n) is 2.03. The lowest BCUT2D eigenvalue weighted by Crippen LogP contribution is -1.91. The van der Waals surface area contributed by atoms with Gasteiger partial charge in [-0.25, -0.2) is 0 Å². The Hall–Kier alpha value is -2.02. The van der Waals surface area contributed by atoms with E-state index in [1.54, 1.807) is 0 Å². The number of hydrogen-bond donors (Lipinski definition) is 0. The predicted octanol–water partition coefficient (Wildman–Crippen LogP) is 3.74. The summed E-state index contributed by atoms with van der Waals surface area (Å²) in [6.45, 7) is 2.11. The lowest BCUT2D eigenvalue weighted by Gasteiger charge is -2.05. The fraction of sp³-hybridized carbons (Fsp3) is 0.0667. The quantitative estimate of drug-likeness (QED) is 0.571. The molecule has 0 unspecified atom stereocenters. The zero-order valence-electron chi connectivity index (χ0n) is 9.14. The van der Waals surface area contributed by atoms with Gasteiger partial charge < -0.3 is 4.57 Å². The number of aryl methyl sites for hydroxylation is 1.